The maximum absolute atomic E-state index is 12.7. The van der Waals surface area contributed by atoms with Crippen molar-refractivity contribution in [3.63, 3.8) is 0 Å². The Bertz CT molecular complexity index is 1420. The van der Waals surface area contributed by atoms with Crippen molar-refractivity contribution in [1.82, 2.24) is 19.9 Å². The zero-order valence-corrected chi connectivity index (χ0v) is 17.5. The zero-order chi connectivity index (χ0) is 21.5. The first-order valence-corrected chi connectivity index (χ1v) is 10.1. The van der Waals surface area contributed by atoms with Crippen LogP contribution < -0.4 is 0 Å². The first-order valence-electron chi connectivity index (χ1n) is 10.1. The van der Waals surface area contributed by atoms with Gasteiger partial charge in [0.15, 0.2) is 5.69 Å². The molecule has 5 rings (SSSR count). The molecular formula is C24H22N4O3. The number of rotatable bonds is 5. The van der Waals surface area contributed by atoms with E-state index in [2.05, 4.69) is 15.0 Å². The summed E-state index contributed by atoms with van der Waals surface area (Å²) in [5.41, 5.74) is 5.44. The maximum Gasteiger partial charge on any atom is 0.357 e. The highest BCUT2D eigenvalue weighted by atomic mass is 16.5. The van der Waals surface area contributed by atoms with E-state index in [-0.39, 0.29) is 18.4 Å². The van der Waals surface area contributed by atoms with E-state index in [1.165, 1.54) is 0 Å². The van der Waals surface area contributed by atoms with Crippen LogP contribution >= 0.6 is 0 Å². The zero-order valence-electron chi connectivity index (χ0n) is 17.5. The Morgan fingerprint density at radius 1 is 1.00 bits per heavy atom. The molecule has 0 aliphatic heterocycles. The van der Waals surface area contributed by atoms with Gasteiger partial charge in [-0.15, -0.1) is 0 Å². The lowest BCUT2D eigenvalue weighted by molar-refractivity contribution is 0.0366. The summed E-state index contributed by atoms with van der Waals surface area (Å²) in [4.78, 5) is 28.8. The summed E-state index contributed by atoms with van der Waals surface area (Å²) in [6, 6.07) is 14.0. The molecule has 0 amide bonds. The molecule has 0 aliphatic carbocycles. The molecule has 0 atom stereocenters. The largest absolute Gasteiger partial charge is 0.458 e. The lowest BCUT2D eigenvalue weighted by atomic mass is 10.0. The van der Waals surface area contributed by atoms with Crippen molar-refractivity contribution in [1.29, 1.82) is 0 Å². The molecule has 3 heterocycles. The second-order valence-electron chi connectivity index (χ2n) is 7.72. The monoisotopic (exact) mass is 414 g/mol. The van der Waals surface area contributed by atoms with Crippen LogP contribution in [0.25, 0.3) is 44.2 Å². The Hall–Kier alpha value is -3.71. The van der Waals surface area contributed by atoms with Crippen LogP contribution in [0.1, 0.15) is 29.9 Å². The lowest BCUT2D eigenvalue weighted by Crippen LogP contribution is -2.15. The molecule has 0 radical (unpaired) electrons. The highest BCUT2D eigenvalue weighted by Crippen LogP contribution is 2.35. The molecule has 0 unspecified atom stereocenters. The number of aromatic nitrogens is 4. The molecule has 0 fully saturated rings. The molecule has 31 heavy (non-hydrogen) atoms. The van der Waals surface area contributed by atoms with Gasteiger partial charge in [0.2, 0.25) is 0 Å². The van der Waals surface area contributed by atoms with Crippen LogP contribution in [0.2, 0.25) is 0 Å². The smallest absolute Gasteiger partial charge is 0.357 e. The van der Waals surface area contributed by atoms with Crippen LogP contribution in [-0.2, 0) is 16.1 Å². The summed E-state index contributed by atoms with van der Waals surface area (Å²) in [6.07, 6.45) is 1.43. The van der Waals surface area contributed by atoms with Crippen molar-refractivity contribution >= 4 is 38.8 Å². The molecule has 7 heteroatoms. The molecule has 0 bridgehead atoms. The molecular weight excluding hydrogens is 392 g/mol. The molecule has 5 aromatic rings. The van der Waals surface area contributed by atoms with E-state index in [9.17, 15) is 4.79 Å². The average Bonchev–Trinajstić information content (AvgIpc) is 3.35. The lowest BCUT2D eigenvalue weighted by Gasteiger charge is -2.12. The normalized spacial score (nSPS) is 11.7. The van der Waals surface area contributed by atoms with E-state index in [0.717, 1.165) is 44.2 Å². The number of ether oxygens (including phenoxy) is 2. The molecule has 0 saturated carbocycles. The molecule has 3 aromatic heterocycles. The predicted molar refractivity (Wildman–Crippen MR) is 120 cm³/mol. The fourth-order valence-corrected chi connectivity index (χ4v) is 3.97. The van der Waals surface area contributed by atoms with Gasteiger partial charge in [-0.2, -0.15) is 0 Å². The SMILES string of the molecule is COCc1c(C(=O)OC(C)C)ncc2[nH]c3ccc4[nH]c(-c5ccccc5)nc4c3c12. The molecule has 7 nitrogen and oxygen atoms in total. The van der Waals surface area contributed by atoms with Gasteiger partial charge in [0, 0.05) is 34.5 Å². The number of esters is 1. The van der Waals surface area contributed by atoms with Crippen molar-refractivity contribution < 1.29 is 14.3 Å². The second-order valence-corrected chi connectivity index (χ2v) is 7.72. The maximum atomic E-state index is 12.7. The Labute approximate surface area is 178 Å². The van der Waals surface area contributed by atoms with Gasteiger partial charge in [0.25, 0.3) is 0 Å². The average molecular weight is 414 g/mol. The number of nitrogens with one attached hydrogen (secondary N) is 2. The Morgan fingerprint density at radius 2 is 1.77 bits per heavy atom. The van der Waals surface area contributed by atoms with Gasteiger partial charge in [0.1, 0.15) is 5.82 Å². The van der Waals surface area contributed by atoms with Crippen molar-refractivity contribution in [2.45, 2.75) is 26.6 Å². The minimum Gasteiger partial charge on any atom is -0.458 e. The minimum atomic E-state index is -0.461. The Kier molecular flexibility index (Phi) is 4.67. The van der Waals surface area contributed by atoms with Gasteiger partial charge in [-0.1, -0.05) is 30.3 Å². The van der Waals surface area contributed by atoms with Crippen LogP contribution in [0.4, 0.5) is 0 Å². The van der Waals surface area contributed by atoms with Crippen molar-refractivity contribution in [2.24, 2.45) is 0 Å². The predicted octanol–water partition coefficient (Wildman–Crippen LogP) is 4.97. The minimum absolute atomic E-state index is 0.228. The van der Waals surface area contributed by atoms with Gasteiger partial charge in [-0.05, 0) is 26.0 Å². The third-order valence-electron chi connectivity index (χ3n) is 5.23. The molecule has 0 aliphatic rings. The fourth-order valence-electron chi connectivity index (χ4n) is 3.97. The standard InChI is InChI=1S/C24H22N4O3/c1-13(2)31-24(29)21-15(12-30-3)19-18(11-25-21)26-16-9-10-17-22(20(16)19)28-23(27-17)14-7-5-4-6-8-14/h4-11,13,26H,12H2,1-3H3,(H,27,28). The summed E-state index contributed by atoms with van der Waals surface area (Å²) in [6.45, 7) is 3.86. The first-order chi connectivity index (χ1) is 15.1. The summed E-state index contributed by atoms with van der Waals surface area (Å²) >= 11 is 0. The van der Waals surface area contributed by atoms with Crippen LogP contribution in [0, 0.1) is 0 Å². The fraction of sp³-hybridized carbons (Fsp3) is 0.208. The number of aromatic amines is 2. The highest BCUT2D eigenvalue weighted by molar-refractivity contribution is 6.20. The van der Waals surface area contributed by atoms with Crippen molar-refractivity contribution in [3.8, 4) is 11.4 Å². The topological polar surface area (TPSA) is 92.9 Å². The number of nitrogens with zero attached hydrogens (tertiary/aromatic N) is 2. The van der Waals surface area contributed by atoms with E-state index in [1.54, 1.807) is 13.3 Å². The second kappa shape index (κ2) is 7.52. The molecule has 0 saturated heterocycles. The molecule has 2 N–H and O–H groups in total. The van der Waals surface area contributed by atoms with Crippen molar-refractivity contribution in [2.75, 3.05) is 7.11 Å². The van der Waals surface area contributed by atoms with Gasteiger partial charge in [0.05, 0.1) is 35.5 Å². The number of hydrogen-bond donors (Lipinski definition) is 2. The summed E-state index contributed by atoms with van der Waals surface area (Å²) in [5, 5.41) is 1.80. The van der Waals surface area contributed by atoms with E-state index >= 15 is 0 Å². The molecule has 156 valence electrons. The van der Waals surface area contributed by atoms with Crippen molar-refractivity contribution in [3.05, 3.63) is 59.9 Å². The van der Waals surface area contributed by atoms with Gasteiger partial charge >= 0.3 is 5.97 Å². The summed E-state index contributed by atoms with van der Waals surface area (Å²) in [5.74, 6) is 0.330. The number of H-pyrrole nitrogens is 2. The number of carbonyl (C=O) groups excluding carboxylic acids is 1. The Balaban J connectivity index is 1.81. The number of benzene rings is 2. The first kappa shape index (κ1) is 19.3. The van der Waals surface area contributed by atoms with Gasteiger partial charge < -0.3 is 19.4 Å². The van der Waals surface area contributed by atoms with Crippen LogP contribution in [0.3, 0.4) is 0 Å². The number of pyridine rings is 1. The van der Waals surface area contributed by atoms with Crippen LogP contribution in [0.5, 0.6) is 0 Å². The number of methoxy groups -OCH3 is 1. The Morgan fingerprint density at radius 3 is 2.52 bits per heavy atom. The van der Waals surface area contributed by atoms with E-state index < -0.39 is 5.97 Å². The van der Waals surface area contributed by atoms with Crippen LogP contribution in [-0.4, -0.2) is 39.1 Å². The summed E-state index contributed by atoms with van der Waals surface area (Å²) in [7, 11) is 1.60. The quantitative estimate of drug-likeness (QED) is 0.396. The third kappa shape index (κ3) is 3.23. The number of carbonyl (C=O) groups is 1. The van der Waals surface area contributed by atoms with E-state index in [1.807, 2.05) is 56.3 Å². The number of imidazole rings is 1. The third-order valence-corrected chi connectivity index (χ3v) is 5.23. The number of hydrogen-bond acceptors (Lipinski definition) is 5. The van der Waals surface area contributed by atoms with Crippen LogP contribution in [0.15, 0.2) is 48.7 Å². The molecule has 2 aromatic carbocycles. The van der Waals surface area contributed by atoms with Gasteiger partial charge in [-0.25, -0.2) is 14.8 Å². The summed E-state index contributed by atoms with van der Waals surface area (Å²) < 4.78 is 10.9. The van der Waals surface area contributed by atoms with E-state index in [4.69, 9.17) is 14.5 Å². The van der Waals surface area contributed by atoms with E-state index in [0.29, 0.717) is 5.56 Å². The number of fused-ring (bicyclic) bond motifs is 5. The molecule has 0 spiro atoms. The highest BCUT2D eigenvalue weighted by Gasteiger charge is 2.23. The van der Waals surface area contributed by atoms with Gasteiger partial charge in [-0.3, -0.25) is 0 Å².